The molecule has 0 spiro atoms. The summed E-state index contributed by atoms with van der Waals surface area (Å²) in [6.45, 7) is 0. The van der Waals surface area contributed by atoms with E-state index in [9.17, 15) is 9.59 Å². The van der Waals surface area contributed by atoms with Gasteiger partial charge >= 0.3 is 11.9 Å². The molecule has 0 saturated carbocycles. The van der Waals surface area contributed by atoms with Gasteiger partial charge < -0.3 is 14.2 Å². The number of carbonyl (C=O) groups is 2. The number of esters is 2. The molecule has 1 heterocycles. The van der Waals surface area contributed by atoms with E-state index in [2.05, 4.69) is 4.98 Å². The van der Waals surface area contributed by atoms with Gasteiger partial charge in [-0.1, -0.05) is 41.6 Å². The van der Waals surface area contributed by atoms with Gasteiger partial charge in [-0.3, -0.25) is 4.98 Å². The summed E-state index contributed by atoms with van der Waals surface area (Å²) in [5.41, 5.74) is 1.88. The molecule has 0 aliphatic heterocycles. The van der Waals surface area contributed by atoms with E-state index in [-0.39, 0.29) is 0 Å². The molecule has 176 valence electrons. The molecule has 0 fully saturated rings. The minimum atomic E-state index is -0.480. The number of methoxy groups -OCH3 is 2. The Kier molecular flexibility index (Phi) is 7.70. The van der Waals surface area contributed by atoms with Crippen molar-refractivity contribution in [3.63, 3.8) is 0 Å². The Morgan fingerprint density at radius 3 is 2.31 bits per heavy atom. The number of benzene rings is 3. The minimum absolute atomic E-state index is 0.382. The monoisotopic (exact) mass is 505 g/mol. The molecular formula is C27H20ClNO5S. The molecule has 0 saturated heterocycles. The van der Waals surface area contributed by atoms with Crippen molar-refractivity contribution in [2.45, 2.75) is 4.90 Å². The summed E-state index contributed by atoms with van der Waals surface area (Å²) < 4.78 is 15.5. The second kappa shape index (κ2) is 11.1. The zero-order chi connectivity index (χ0) is 24.8. The Labute approximate surface area is 211 Å². The summed E-state index contributed by atoms with van der Waals surface area (Å²) in [6.07, 6.45) is 3.38. The average molecular weight is 506 g/mol. The first kappa shape index (κ1) is 24.3. The highest BCUT2D eigenvalue weighted by Crippen LogP contribution is 2.34. The quantitative estimate of drug-likeness (QED) is 0.124. The number of ether oxygens (including phenoxy) is 3. The fourth-order valence-corrected chi connectivity index (χ4v) is 4.39. The molecule has 0 aliphatic carbocycles. The van der Waals surface area contributed by atoms with Crippen molar-refractivity contribution in [3.05, 3.63) is 100 Å². The van der Waals surface area contributed by atoms with Crippen molar-refractivity contribution in [1.29, 1.82) is 0 Å². The van der Waals surface area contributed by atoms with E-state index < -0.39 is 11.9 Å². The van der Waals surface area contributed by atoms with Gasteiger partial charge in [-0.2, -0.15) is 0 Å². The van der Waals surface area contributed by atoms with Gasteiger partial charge in [-0.05, 0) is 66.2 Å². The van der Waals surface area contributed by atoms with Crippen molar-refractivity contribution < 1.29 is 23.8 Å². The van der Waals surface area contributed by atoms with Crippen LogP contribution in [0, 0.1) is 0 Å². The molecule has 0 N–H and O–H groups in total. The van der Waals surface area contributed by atoms with Crippen LogP contribution in [-0.4, -0.2) is 31.1 Å². The lowest BCUT2D eigenvalue weighted by Gasteiger charge is -2.09. The average Bonchev–Trinajstić information content (AvgIpc) is 2.88. The van der Waals surface area contributed by atoms with Crippen molar-refractivity contribution in [2.24, 2.45) is 0 Å². The Morgan fingerprint density at radius 2 is 1.63 bits per heavy atom. The van der Waals surface area contributed by atoms with E-state index in [1.807, 2.05) is 12.1 Å². The SMILES string of the molecule is COC(=O)/C(=C\c1ccc(OC(=O)c2ccc(OC)cc2)cc1)Sc1ccnc2cc(Cl)ccc12. The number of fused-ring (bicyclic) bond motifs is 1. The predicted molar refractivity (Wildman–Crippen MR) is 137 cm³/mol. The molecular weight excluding hydrogens is 486 g/mol. The highest BCUT2D eigenvalue weighted by atomic mass is 35.5. The molecule has 3 aromatic carbocycles. The summed E-state index contributed by atoms with van der Waals surface area (Å²) in [5, 5.41) is 1.46. The first-order chi connectivity index (χ1) is 17.0. The Hall–Kier alpha value is -3.81. The summed E-state index contributed by atoms with van der Waals surface area (Å²) >= 11 is 7.35. The first-order valence-electron chi connectivity index (χ1n) is 10.5. The van der Waals surface area contributed by atoms with E-state index in [0.29, 0.717) is 27.0 Å². The van der Waals surface area contributed by atoms with Crippen LogP contribution >= 0.6 is 23.4 Å². The lowest BCUT2D eigenvalue weighted by Crippen LogP contribution is -2.08. The maximum absolute atomic E-state index is 12.5. The zero-order valence-electron chi connectivity index (χ0n) is 18.9. The zero-order valence-corrected chi connectivity index (χ0v) is 20.4. The third kappa shape index (κ3) is 6.01. The summed E-state index contributed by atoms with van der Waals surface area (Å²) in [4.78, 5) is 30.5. The molecule has 0 aliphatic rings. The van der Waals surface area contributed by atoms with Crippen molar-refractivity contribution in [1.82, 2.24) is 4.98 Å². The van der Waals surface area contributed by atoms with Crippen LogP contribution in [0.1, 0.15) is 15.9 Å². The highest BCUT2D eigenvalue weighted by Gasteiger charge is 2.15. The third-order valence-electron chi connectivity index (χ3n) is 4.99. The first-order valence-corrected chi connectivity index (χ1v) is 11.6. The number of nitrogens with zero attached hydrogens (tertiary/aromatic N) is 1. The number of aromatic nitrogens is 1. The molecule has 0 radical (unpaired) electrons. The van der Waals surface area contributed by atoms with Gasteiger partial charge in [0, 0.05) is 21.5 Å². The van der Waals surface area contributed by atoms with Crippen molar-refractivity contribution in [3.8, 4) is 11.5 Å². The van der Waals surface area contributed by atoms with Crippen LogP contribution in [0.15, 0.2) is 88.8 Å². The maximum atomic E-state index is 12.5. The van der Waals surface area contributed by atoms with Gasteiger partial charge in [0.25, 0.3) is 0 Å². The second-order valence-electron chi connectivity index (χ2n) is 7.26. The smallest absolute Gasteiger partial charge is 0.344 e. The van der Waals surface area contributed by atoms with Gasteiger partial charge in [-0.25, -0.2) is 9.59 Å². The fourth-order valence-electron chi connectivity index (χ4n) is 3.21. The highest BCUT2D eigenvalue weighted by molar-refractivity contribution is 8.04. The van der Waals surface area contributed by atoms with Crippen LogP contribution in [0.25, 0.3) is 17.0 Å². The number of thioether (sulfide) groups is 1. The molecule has 0 unspecified atom stereocenters. The topological polar surface area (TPSA) is 74.7 Å². The number of hydrogen-bond acceptors (Lipinski definition) is 7. The van der Waals surface area contributed by atoms with Crippen LogP contribution in [0.2, 0.25) is 5.02 Å². The summed E-state index contributed by atoms with van der Waals surface area (Å²) in [6, 6.07) is 20.7. The van der Waals surface area contributed by atoms with Gasteiger partial charge in [0.1, 0.15) is 11.5 Å². The molecule has 6 nitrogen and oxygen atoms in total. The summed E-state index contributed by atoms with van der Waals surface area (Å²) in [5.74, 6) is 0.0862. The Bertz CT molecular complexity index is 1400. The summed E-state index contributed by atoms with van der Waals surface area (Å²) in [7, 11) is 2.89. The van der Waals surface area contributed by atoms with Crippen LogP contribution < -0.4 is 9.47 Å². The van der Waals surface area contributed by atoms with E-state index >= 15 is 0 Å². The van der Waals surface area contributed by atoms with Crippen LogP contribution in [0.3, 0.4) is 0 Å². The maximum Gasteiger partial charge on any atom is 0.344 e. The van der Waals surface area contributed by atoms with E-state index in [4.69, 9.17) is 25.8 Å². The standard InChI is InChI=1S/C27H20ClNO5S/c1-32-20-10-5-18(6-11-20)26(30)34-21-8-3-17(4-9-21)15-25(27(31)33-2)35-24-13-14-29-23-16-19(28)7-12-22(23)24/h3-16H,1-2H3/b25-15+. The number of carbonyl (C=O) groups excluding carboxylic acids is 2. The third-order valence-corrected chi connectivity index (χ3v) is 6.30. The predicted octanol–water partition coefficient (Wildman–Crippen LogP) is 6.42. The van der Waals surface area contributed by atoms with Gasteiger partial charge in [0.05, 0.1) is 30.2 Å². The van der Waals surface area contributed by atoms with Crippen molar-refractivity contribution in [2.75, 3.05) is 14.2 Å². The van der Waals surface area contributed by atoms with E-state index in [1.165, 1.54) is 18.9 Å². The number of halogens is 1. The number of rotatable bonds is 7. The molecule has 4 aromatic rings. The van der Waals surface area contributed by atoms with Crippen LogP contribution in [0.4, 0.5) is 0 Å². The van der Waals surface area contributed by atoms with Crippen LogP contribution in [-0.2, 0) is 9.53 Å². The lowest BCUT2D eigenvalue weighted by atomic mass is 10.2. The molecule has 0 atom stereocenters. The molecule has 1 aromatic heterocycles. The Morgan fingerprint density at radius 1 is 0.914 bits per heavy atom. The van der Waals surface area contributed by atoms with E-state index in [1.54, 1.807) is 80.0 Å². The molecule has 0 amide bonds. The van der Waals surface area contributed by atoms with Gasteiger partial charge in [0.2, 0.25) is 0 Å². The largest absolute Gasteiger partial charge is 0.497 e. The fraction of sp³-hybridized carbons (Fsp3) is 0.0741. The number of pyridine rings is 1. The van der Waals surface area contributed by atoms with Gasteiger partial charge in [-0.15, -0.1) is 0 Å². The van der Waals surface area contributed by atoms with Crippen molar-refractivity contribution >= 4 is 52.3 Å². The van der Waals surface area contributed by atoms with E-state index in [0.717, 1.165) is 21.4 Å². The van der Waals surface area contributed by atoms with Crippen LogP contribution in [0.5, 0.6) is 11.5 Å². The second-order valence-corrected chi connectivity index (χ2v) is 8.78. The normalized spacial score (nSPS) is 11.2. The molecule has 35 heavy (non-hydrogen) atoms. The minimum Gasteiger partial charge on any atom is -0.497 e. The molecule has 4 rings (SSSR count). The molecule has 8 heteroatoms. The number of hydrogen-bond donors (Lipinski definition) is 0. The Balaban J connectivity index is 1.54. The lowest BCUT2D eigenvalue weighted by molar-refractivity contribution is -0.135. The molecule has 0 bridgehead atoms. The van der Waals surface area contributed by atoms with Gasteiger partial charge in [0.15, 0.2) is 0 Å².